The van der Waals surface area contributed by atoms with Crippen molar-refractivity contribution in [3.05, 3.63) is 29.0 Å². The van der Waals surface area contributed by atoms with Gasteiger partial charge >= 0.3 is 0 Å². The molecule has 1 spiro atoms. The molecule has 0 N–H and O–H groups in total. The molecule has 6 heteroatoms. The maximum atomic E-state index is 12.7. The number of carbonyl (C=O) groups is 2. The minimum atomic E-state index is -0.0846. The van der Waals surface area contributed by atoms with Crippen LogP contribution in [0.3, 0.4) is 0 Å². The summed E-state index contributed by atoms with van der Waals surface area (Å²) in [5, 5.41) is 0. The maximum Gasteiger partial charge on any atom is 0.291 e. The quantitative estimate of drug-likeness (QED) is 0.790. The minimum Gasteiger partial charge on any atom is -0.436 e. The van der Waals surface area contributed by atoms with Crippen LogP contribution in [-0.4, -0.2) is 52.8 Å². The molecule has 0 radical (unpaired) electrons. The van der Waals surface area contributed by atoms with Crippen LogP contribution in [0, 0.1) is 19.3 Å². The van der Waals surface area contributed by atoms with Crippen LogP contribution in [0.5, 0.6) is 0 Å². The van der Waals surface area contributed by atoms with Gasteiger partial charge in [-0.1, -0.05) is 11.6 Å². The summed E-state index contributed by atoms with van der Waals surface area (Å²) in [7, 11) is 0. The molecule has 136 valence electrons. The fourth-order valence-electron chi connectivity index (χ4n) is 3.83. The van der Waals surface area contributed by atoms with Crippen LogP contribution in [0.25, 0.3) is 0 Å². The molecule has 1 aromatic rings. The summed E-state index contributed by atoms with van der Waals surface area (Å²) < 4.78 is 5.46. The summed E-state index contributed by atoms with van der Waals surface area (Å²) in [5.41, 5.74) is 1.90. The van der Waals surface area contributed by atoms with Gasteiger partial charge in [-0.15, -0.1) is 0 Å². The summed E-state index contributed by atoms with van der Waals surface area (Å²) in [5.74, 6) is 1.02. The van der Waals surface area contributed by atoms with Gasteiger partial charge in [-0.2, -0.15) is 0 Å². The molecule has 2 saturated heterocycles. The van der Waals surface area contributed by atoms with Crippen LogP contribution < -0.4 is 0 Å². The number of piperidine rings is 1. The van der Waals surface area contributed by atoms with Gasteiger partial charge in [0.1, 0.15) is 0 Å². The molecule has 6 nitrogen and oxygen atoms in total. The third kappa shape index (κ3) is 3.62. The van der Waals surface area contributed by atoms with Gasteiger partial charge in [0.05, 0.1) is 5.69 Å². The first-order valence-electron chi connectivity index (χ1n) is 8.94. The molecule has 3 rings (SSSR count). The highest BCUT2D eigenvalue weighted by Gasteiger charge is 2.45. The van der Waals surface area contributed by atoms with E-state index in [4.69, 9.17) is 4.42 Å². The average Bonchev–Trinajstić information content (AvgIpc) is 3.04. The maximum absolute atomic E-state index is 12.7. The molecular weight excluding hydrogens is 318 g/mol. The Bertz CT molecular complexity index is 707. The van der Waals surface area contributed by atoms with Crippen molar-refractivity contribution in [3.63, 3.8) is 0 Å². The van der Waals surface area contributed by atoms with Crippen LogP contribution in [0.2, 0.25) is 0 Å². The lowest BCUT2D eigenvalue weighted by Crippen LogP contribution is -2.44. The molecule has 0 bridgehead atoms. The van der Waals surface area contributed by atoms with Crippen molar-refractivity contribution in [1.29, 1.82) is 0 Å². The van der Waals surface area contributed by atoms with E-state index < -0.39 is 0 Å². The number of allylic oxidation sites excluding steroid dienone is 1. The van der Waals surface area contributed by atoms with Gasteiger partial charge in [0, 0.05) is 44.9 Å². The summed E-state index contributed by atoms with van der Waals surface area (Å²) in [4.78, 5) is 33.0. The van der Waals surface area contributed by atoms with E-state index in [1.807, 2.05) is 23.6 Å². The van der Waals surface area contributed by atoms with Crippen molar-refractivity contribution in [2.75, 3.05) is 26.2 Å². The standard InChI is InChI=1S/C19H27N3O3/c1-13(2)5-8-22-12-19(11-16(22)23)6-9-21(10-7-19)18(24)17-14(3)20-15(4)25-17/h5H,6-12H2,1-4H3. The molecule has 0 unspecified atom stereocenters. The number of likely N-dealkylation sites (tertiary alicyclic amines) is 2. The number of amides is 2. The van der Waals surface area contributed by atoms with Crippen LogP contribution in [0.4, 0.5) is 0 Å². The molecule has 3 heterocycles. The molecule has 25 heavy (non-hydrogen) atoms. The molecule has 2 amide bonds. The lowest BCUT2D eigenvalue weighted by Gasteiger charge is -2.38. The van der Waals surface area contributed by atoms with Gasteiger partial charge in [0.2, 0.25) is 11.7 Å². The van der Waals surface area contributed by atoms with Crippen molar-refractivity contribution in [2.24, 2.45) is 5.41 Å². The number of carbonyl (C=O) groups excluding carboxylic acids is 2. The fraction of sp³-hybridized carbons (Fsp3) is 0.632. The Morgan fingerprint density at radius 3 is 2.52 bits per heavy atom. The van der Waals surface area contributed by atoms with E-state index in [9.17, 15) is 9.59 Å². The summed E-state index contributed by atoms with van der Waals surface area (Å²) in [6.45, 7) is 10.5. The fourth-order valence-corrected chi connectivity index (χ4v) is 3.83. The second-order valence-corrected chi connectivity index (χ2v) is 7.67. The van der Waals surface area contributed by atoms with E-state index >= 15 is 0 Å². The van der Waals surface area contributed by atoms with E-state index in [-0.39, 0.29) is 17.2 Å². The summed E-state index contributed by atoms with van der Waals surface area (Å²) in [6.07, 6.45) is 4.43. The highest BCUT2D eigenvalue weighted by molar-refractivity contribution is 5.92. The SMILES string of the molecule is CC(C)=CCN1CC2(CCN(C(=O)c3oc(C)nc3C)CC2)CC1=O. The Morgan fingerprint density at radius 1 is 1.28 bits per heavy atom. The molecule has 2 aliphatic rings. The van der Waals surface area contributed by atoms with Gasteiger partial charge in [-0.3, -0.25) is 9.59 Å². The van der Waals surface area contributed by atoms with E-state index in [0.29, 0.717) is 43.4 Å². The van der Waals surface area contributed by atoms with Crippen LogP contribution in [0.1, 0.15) is 55.2 Å². The zero-order chi connectivity index (χ0) is 18.2. The van der Waals surface area contributed by atoms with Gasteiger partial charge in [0.15, 0.2) is 5.89 Å². The highest BCUT2D eigenvalue weighted by atomic mass is 16.4. The van der Waals surface area contributed by atoms with E-state index in [1.54, 1.807) is 13.8 Å². The monoisotopic (exact) mass is 345 g/mol. The second-order valence-electron chi connectivity index (χ2n) is 7.67. The zero-order valence-electron chi connectivity index (χ0n) is 15.6. The first-order valence-corrected chi connectivity index (χ1v) is 8.94. The average molecular weight is 345 g/mol. The first-order chi connectivity index (χ1) is 11.8. The third-order valence-electron chi connectivity index (χ3n) is 5.33. The number of oxazole rings is 1. The number of hydrogen-bond donors (Lipinski definition) is 0. The molecule has 0 atom stereocenters. The van der Waals surface area contributed by atoms with Crippen LogP contribution >= 0.6 is 0 Å². The lowest BCUT2D eigenvalue weighted by molar-refractivity contribution is -0.127. The van der Waals surface area contributed by atoms with E-state index in [1.165, 1.54) is 5.57 Å². The van der Waals surface area contributed by atoms with Gasteiger partial charge in [-0.05, 0) is 33.6 Å². The summed E-state index contributed by atoms with van der Waals surface area (Å²) >= 11 is 0. The van der Waals surface area contributed by atoms with Crippen LogP contribution in [-0.2, 0) is 4.79 Å². The van der Waals surface area contributed by atoms with Gasteiger partial charge in [-0.25, -0.2) is 4.98 Å². The Morgan fingerprint density at radius 2 is 1.96 bits per heavy atom. The second kappa shape index (κ2) is 6.65. The van der Waals surface area contributed by atoms with Crippen molar-refractivity contribution in [1.82, 2.24) is 14.8 Å². The third-order valence-corrected chi connectivity index (χ3v) is 5.33. The molecular formula is C19H27N3O3. The van der Waals surface area contributed by atoms with Crippen molar-refractivity contribution in [2.45, 2.75) is 47.0 Å². The van der Waals surface area contributed by atoms with Crippen LogP contribution in [0.15, 0.2) is 16.1 Å². The number of rotatable bonds is 3. The van der Waals surface area contributed by atoms with E-state index in [0.717, 1.165) is 19.4 Å². The van der Waals surface area contributed by atoms with Gasteiger partial charge < -0.3 is 14.2 Å². The summed E-state index contributed by atoms with van der Waals surface area (Å²) in [6, 6.07) is 0. The number of aromatic nitrogens is 1. The lowest BCUT2D eigenvalue weighted by atomic mass is 9.77. The zero-order valence-corrected chi connectivity index (χ0v) is 15.6. The molecule has 0 aromatic carbocycles. The molecule has 2 aliphatic heterocycles. The highest BCUT2D eigenvalue weighted by Crippen LogP contribution is 2.41. The Labute approximate surface area is 148 Å². The van der Waals surface area contributed by atoms with Crippen molar-refractivity contribution in [3.8, 4) is 0 Å². The first kappa shape index (κ1) is 17.7. The number of hydrogen-bond acceptors (Lipinski definition) is 4. The molecule has 0 aliphatic carbocycles. The Kier molecular flexibility index (Phi) is 4.71. The van der Waals surface area contributed by atoms with Crippen molar-refractivity contribution >= 4 is 11.8 Å². The molecule has 1 aromatic heterocycles. The number of aryl methyl sites for hydroxylation is 2. The van der Waals surface area contributed by atoms with E-state index in [2.05, 4.69) is 11.1 Å². The largest absolute Gasteiger partial charge is 0.436 e. The number of nitrogens with zero attached hydrogens (tertiary/aromatic N) is 3. The predicted octanol–water partition coefficient (Wildman–Crippen LogP) is 2.71. The van der Waals surface area contributed by atoms with Gasteiger partial charge in [0.25, 0.3) is 5.91 Å². The Balaban J connectivity index is 1.62. The topological polar surface area (TPSA) is 66.7 Å². The molecule has 2 fully saturated rings. The smallest absolute Gasteiger partial charge is 0.291 e. The Hall–Kier alpha value is -2.11. The molecule has 0 saturated carbocycles. The predicted molar refractivity (Wildman–Crippen MR) is 94.2 cm³/mol. The van der Waals surface area contributed by atoms with Crippen molar-refractivity contribution < 1.29 is 14.0 Å². The normalized spacial score (nSPS) is 19.6. The minimum absolute atomic E-state index is 0.0235.